The number of rotatable bonds is 6. The highest BCUT2D eigenvalue weighted by molar-refractivity contribution is 5.79. The van der Waals surface area contributed by atoms with E-state index >= 15 is 0 Å². The van der Waals surface area contributed by atoms with Gasteiger partial charge in [-0.2, -0.15) is 5.43 Å². The first kappa shape index (κ1) is 18.2. The Morgan fingerprint density at radius 1 is 1.16 bits per heavy atom. The van der Waals surface area contributed by atoms with Gasteiger partial charge < -0.3 is 10.6 Å². The number of nitrogens with two attached hydrogens (primary N) is 2. The molecular formula is C19H32N6. The summed E-state index contributed by atoms with van der Waals surface area (Å²) in [6.07, 6.45) is 7.14. The molecule has 138 valence electrons. The Morgan fingerprint density at radius 3 is 2.44 bits per heavy atom. The lowest BCUT2D eigenvalue weighted by Gasteiger charge is -2.30. The second kappa shape index (κ2) is 7.72. The molecule has 1 aromatic rings. The molecule has 2 atom stereocenters. The average molecular weight is 345 g/mol. The summed E-state index contributed by atoms with van der Waals surface area (Å²) in [4.78, 5) is 6.98. The third-order valence-corrected chi connectivity index (χ3v) is 5.36. The van der Waals surface area contributed by atoms with Crippen molar-refractivity contribution < 1.29 is 0 Å². The molecule has 2 aliphatic rings. The molecule has 0 saturated heterocycles. The minimum absolute atomic E-state index is 0.326. The molecule has 3 rings (SSSR count). The van der Waals surface area contributed by atoms with E-state index in [1.807, 2.05) is 0 Å². The number of hydrazine groups is 1. The van der Waals surface area contributed by atoms with Crippen molar-refractivity contribution >= 4 is 5.96 Å². The Bertz CT molecular complexity index is 622. The SMILES string of the molecule is CCCN(CCC)[C@H]1CCc2ccc(C3(N)N=C(N)NN3)cc2CC1. The lowest BCUT2D eigenvalue weighted by molar-refractivity contribution is 0.180. The third-order valence-electron chi connectivity index (χ3n) is 5.36. The summed E-state index contributed by atoms with van der Waals surface area (Å²) in [6.45, 7) is 6.96. The van der Waals surface area contributed by atoms with E-state index in [4.69, 9.17) is 11.5 Å². The number of hydrogen-bond acceptors (Lipinski definition) is 6. The fraction of sp³-hybridized carbons (Fsp3) is 0.632. The maximum atomic E-state index is 6.35. The fourth-order valence-electron chi connectivity index (χ4n) is 4.09. The second-order valence-corrected chi connectivity index (χ2v) is 7.26. The van der Waals surface area contributed by atoms with E-state index in [1.165, 1.54) is 49.9 Å². The van der Waals surface area contributed by atoms with Crippen LogP contribution in [0.5, 0.6) is 0 Å². The van der Waals surface area contributed by atoms with Crippen molar-refractivity contribution in [2.24, 2.45) is 16.5 Å². The summed E-state index contributed by atoms with van der Waals surface area (Å²) in [7, 11) is 0. The molecule has 0 radical (unpaired) electrons. The quantitative estimate of drug-likeness (QED) is 0.588. The van der Waals surface area contributed by atoms with Crippen LogP contribution in [0.3, 0.4) is 0 Å². The van der Waals surface area contributed by atoms with Crippen molar-refractivity contribution in [3.63, 3.8) is 0 Å². The largest absolute Gasteiger partial charge is 0.369 e. The molecule has 0 spiro atoms. The normalized spacial score (nSPS) is 26.1. The van der Waals surface area contributed by atoms with Crippen LogP contribution in [0.4, 0.5) is 0 Å². The lowest BCUT2D eigenvalue weighted by Crippen LogP contribution is -2.50. The number of fused-ring (bicyclic) bond motifs is 1. The molecule has 6 N–H and O–H groups in total. The lowest BCUT2D eigenvalue weighted by atomic mass is 9.97. The minimum Gasteiger partial charge on any atom is -0.369 e. The average Bonchev–Trinajstić information content (AvgIpc) is 2.82. The van der Waals surface area contributed by atoms with E-state index in [1.54, 1.807) is 0 Å². The van der Waals surface area contributed by atoms with Crippen LogP contribution in [0.15, 0.2) is 23.2 Å². The topological polar surface area (TPSA) is 91.7 Å². The Hall–Kier alpha value is -1.63. The van der Waals surface area contributed by atoms with Crippen LogP contribution in [0.1, 0.15) is 56.2 Å². The summed E-state index contributed by atoms with van der Waals surface area (Å²) >= 11 is 0. The van der Waals surface area contributed by atoms with Crippen LogP contribution in [0.2, 0.25) is 0 Å². The Morgan fingerprint density at radius 2 is 1.84 bits per heavy atom. The minimum atomic E-state index is -0.971. The van der Waals surface area contributed by atoms with E-state index in [9.17, 15) is 0 Å². The summed E-state index contributed by atoms with van der Waals surface area (Å²) < 4.78 is 0. The number of nitrogens with zero attached hydrogens (tertiary/aromatic N) is 2. The highest BCUT2D eigenvalue weighted by Gasteiger charge is 2.32. The first-order chi connectivity index (χ1) is 12.1. The molecule has 1 aliphatic heterocycles. The van der Waals surface area contributed by atoms with E-state index in [-0.39, 0.29) is 0 Å². The van der Waals surface area contributed by atoms with Crippen LogP contribution < -0.4 is 22.3 Å². The standard InChI is InChI=1S/C19H32N6/c1-3-11-25(12-4-2)17-9-6-14-5-8-16(13-15(14)7-10-17)19(21)22-18(20)23-24-19/h5,8,13,17,24H,3-4,6-7,9-12,21H2,1-2H3,(H3,20,22,23)/t17-,19?/m0/s1. The van der Waals surface area contributed by atoms with Gasteiger partial charge in [-0.3, -0.25) is 11.2 Å². The van der Waals surface area contributed by atoms with Crippen LogP contribution in [0, 0.1) is 0 Å². The monoisotopic (exact) mass is 344 g/mol. The molecule has 1 unspecified atom stereocenters. The first-order valence-corrected chi connectivity index (χ1v) is 9.59. The molecule has 1 heterocycles. The van der Waals surface area contributed by atoms with E-state index in [0.29, 0.717) is 12.0 Å². The number of benzene rings is 1. The molecule has 0 amide bonds. The van der Waals surface area contributed by atoms with E-state index < -0.39 is 5.79 Å². The Balaban J connectivity index is 1.76. The van der Waals surface area contributed by atoms with Crippen molar-refractivity contribution in [3.8, 4) is 0 Å². The van der Waals surface area contributed by atoms with Crippen LogP contribution in [0.25, 0.3) is 0 Å². The third kappa shape index (κ3) is 3.97. The van der Waals surface area contributed by atoms with Gasteiger partial charge in [0.05, 0.1) is 0 Å². The number of hydrogen-bond donors (Lipinski definition) is 4. The van der Waals surface area contributed by atoms with Gasteiger partial charge in [0.15, 0.2) is 0 Å². The van der Waals surface area contributed by atoms with Crippen LogP contribution in [-0.2, 0) is 18.6 Å². The van der Waals surface area contributed by atoms with E-state index in [0.717, 1.165) is 18.4 Å². The smallest absolute Gasteiger partial charge is 0.209 e. The molecule has 25 heavy (non-hydrogen) atoms. The first-order valence-electron chi connectivity index (χ1n) is 9.59. The molecule has 0 fully saturated rings. The number of aryl methyl sites for hydroxylation is 2. The number of guanidine groups is 1. The summed E-state index contributed by atoms with van der Waals surface area (Å²) in [6, 6.07) is 7.18. The van der Waals surface area contributed by atoms with Gasteiger partial charge in [0.25, 0.3) is 0 Å². The Kier molecular flexibility index (Phi) is 5.61. The number of aliphatic imine (C=N–C) groups is 1. The van der Waals surface area contributed by atoms with Gasteiger partial charge in [-0.25, -0.2) is 4.99 Å². The predicted molar refractivity (Wildman–Crippen MR) is 103 cm³/mol. The number of nitrogens with one attached hydrogen (secondary N) is 2. The maximum absolute atomic E-state index is 6.35. The highest BCUT2D eigenvalue weighted by atomic mass is 15.6. The summed E-state index contributed by atoms with van der Waals surface area (Å²) in [5.41, 5.74) is 21.6. The zero-order valence-corrected chi connectivity index (χ0v) is 15.5. The molecular weight excluding hydrogens is 312 g/mol. The van der Waals surface area contributed by atoms with Crippen molar-refractivity contribution in [1.82, 2.24) is 15.8 Å². The molecule has 1 aromatic carbocycles. The maximum Gasteiger partial charge on any atom is 0.209 e. The van der Waals surface area contributed by atoms with Gasteiger partial charge in [0.1, 0.15) is 0 Å². The van der Waals surface area contributed by atoms with Crippen LogP contribution >= 0.6 is 0 Å². The van der Waals surface area contributed by atoms with Gasteiger partial charge in [0.2, 0.25) is 11.7 Å². The molecule has 0 bridgehead atoms. The zero-order valence-electron chi connectivity index (χ0n) is 15.5. The van der Waals surface area contributed by atoms with Crippen LogP contribution in [-0.4, -0.2) is 30.0 Å². The molecule has 1 aliphatic carbocycles. The van der Waals surface area contributed by atoms with Gasteiger partial charge in [0, 0.05) is 11.6 Å². The van der Waals surface area contributed by atoms with Gasteiger partial charge >= 0.3 is 0 Å². The van der Waals surface area contributed by atoms with Crippen molar-refractivity contribution in [2.45, 2.75) is 64.2 Å². The predicted octanol–water partition coefficient (Wildman–Crippen LogP) is 1.55. The molecule has 6 nitrogen and oxygen atoms in total. The Labute approximate surface area is 151 Å². The second-order valence-electron chi connectivity index (χ2n) is 7.26. The summed E-state index contributed by atoms with van der Waals surface area (Å²) in [5.74, 6) is -0.645. The highest BCUT2D eigenvalue weighted by Crippen LogP contribution is 2.28. The molecule has 0 aromatic heterocycles. The van der Waals surface area contributed by atoms with Crippen molar-refractivity contribution in [3.05, 3.63) is 34.9 Å². The van der Waals surface area contributed by atoms with E-state index in [2.05, 4.69) is 52.8 Å². The fourth-order valence-corrected chi connectivity index (χ4v) is 4.09. The summed E-state index contributed by atoms with van der Waals surface area (Å²) in [5, 5.41) is 0. The molecule has 6 heteroatoms. The molecule has 0 saturated carbocycles. The zero-order chi connectivity index (χ0) is 17.9. The van der Waals surface area contributed by atoms with Crippen molar-refractivity contribution in [1.29, 1.82) is 0 Å². The van der Waals surface area contributed by atoms with Gasteiger partial charge in [-0.1, -0.05) is 32.0 Å². The van der Waals surface area contributed by atoms with Gasteiger partial charge in [-0.15, -0.1) is 0 Å². The van der Waals surface area contributed by atoms with Crippen molar-refractivity contribution in [2.75, 3.05) is 13.1 Å². The van der Waals surface area contributed by atoms with Gasteiger partial charge in [-0.05, 0) is 62.7 Å².